The molecule has 1 atom stereocenters. The second kappa shape index (κ2) is 5.97. The summed E-state index contributed by atoms with van der Waals surface area (Å²) in [6, 6.07) is 0.692. The van der Waals surface area contributed by atoms with Crippen LogP contribution in [-0.2, 0) is 9.84 Å². The summed E-state index contributed by atoms with van der Waals surface area (Å²) in [6.45, 7) is 4.18. The van der Waals surface area contributed by atoms with Gasteiger partial charge >= 0.3 is 0 Å². The molecule has 1 aromatic heterocycles. The molecule has 0 spiro atoms. The molecule has 116 valence electrons. The van der Waals surface area contributed by atoms with Crippen LogP contribution in [0.3, 0.4) is 0 Å². The lowest BCUT2D eigenvalue weighted by Crippen LogP contribution is -2.49. The van der Waals surface area contributed by atoms with Crippen molar-refractivity contribution in [1.82, 2.24) is 9.88 Å². The Labute approximate surface area is 123 Å². The molecule has 8 heteroatoms. The number of carbonyl (C=O) groups is 1. The van der Waals surface area contributed by atoms with E-state index < -0.39 is 27.6 Å². The molecule has 0 bridgehead atoms. The first-order valence-electron chi connectivity index (χ1n) is 6.75. The molecule has 1 N–H and O–H groups in total. The zero-order valence-corrected chi connectivity index (χ0v) is 12.8. The van der Waals surface area contributed by atoms with Gasteiger partial charge in [-0.3, -0.25) is 4.79 Å². The topological polar surface area (TPSA) is 79.4 Å². The average molecular weight is 315 g/mol. The quantitative estimate of drug-likeness (QED) is 0.897. The SMILES string of the molecule is CCNc1ncc(F)cc1C(=O)N1CCS(=O)(=O)CC1C. The third kappa shape index (κ3) is 3.49. The number of hydrogen-bond donors (Lipinski definition) is 1. The number of pyridine rings is 1. The summed E-state index contributed by atoms with van der Waals surface area (Å²) in [5, 5.41) is 2.91. The van der Waals surface area contributed by atoms with E-state index >= 15 is 0 Å². The van der Waals surface area contributed by atoms with E-state index in [0.717, 1.165) is 12.3 Å². The number of nitrogens with zero attached hydrogens (tertiary/aromatic N) is 2. The number of aromatic nitrogens is 1. The highest BCUT2D eigenvalue weighted by atomic mass is 32.2. The molecule has 0 radical (unpaired) electrons. The normalized spacial score (nSPS) is 21.1. The predicted octanol–water partition coefficient (Wildman–Crippen LogP) is 0.912. The molecule has 21 heavy (non-hydrogen) atoms. The summed E-state index contributed by atoms with van der Waals surface area (Å²) in [5.74, 6) is -0.831. The third-order valence-electron chi connectivity index (χ3n) is 3.36. The van der Waals surface area contributed by atoms with E-state index in [2.05, 4.69) is 10.3 Å². The standard InChI is InChI=1S/C13H18FN3O3S/c1-3-15-12-11(6-10(14)7-16-12)13(18)17-4-5-21(19,20)8-9(17)2/h6-7,9H,3-5,8H2,1-2H3,(H,15,16). The highest BCUT2D eigenvalue weighted by Gasteiger charge is 2.32. The lowest BCUT2D eigenvalue weighted by atomic mass is 10.2. The molecule has 1 fully saturated rings. The van der Waals surface area contributed by atoms with Gasteiger partial charge < -0.3 is 10.2 Å². The van der Waals surface area contributed by atoms with Gasteiger partial charge in [0.15, 0.2) is 9.84 Å². The third-order valence-corrected chi connectivity index (χ3v) is 5.16. The van der Waals surface area contributed by atoms with Gasteiger partial charge in [-0.05, 0) is 19.9 Å². The lowest BCUT2D eigenvalue weighted by Gasteiger charge is -2.33. The van der Waals surface area contributed by atoms with Crippen molar-refractivity contribution >= 4 is 21.6 Å². The Balaban J connectivity index is 2.30. The molecular formula is C13H18FN3O3S. The van der Waals surface area contributed by atoms with Crippen molar-refractivity contribution in [2.75, 3.05) is 29.9 Å². The molecule has 0 aliphatic carbocycles. The van der Waals surface area contributed by atoms with Gasteiger partial charge in [-0.1, -0.05) is 0 Å². The van der Waals surface area contributed by atoms with Crippen LogP contribution in [0.2, 0.25) is 0 Å². The number of rotatable bonds is 3. The van der Waals surface area contributed by atoms with Gasteiger partial charge in [-0.15, -0.1) is 0 Å². The van der Waals surface area contributed by atoms with Crippen molar-refractivity contribution in [2.45, 2.75) is 19.9 Å². The number of sulfone groups is 1. The molecule has 0 aromatic carbocycles. The number of carbonyl (C=O) groups excluding carboxylic acids is 1. The maximum atomic E-state index is 13.4. The molecule has 6 nitrogen and oxygen atoms in total. The van der Waals surface area contributed by atoms with Gasteiger partial charge in [0, 0.05) is 19.1 Å². The Bertz CT molecular complexity index is 648. The second-order valence-electron chi connectivity index (χ2n) is 5.04. The molecule has 2 heterocycles. The van der Waals surface area contributed by atoms with Crippen LogP contribution in [0.25, 0.3) is 0 Å². The van der Waals surface area contributed by atoms with E-state index in [4.69, 9.17) is 0 Å². The van der Waals surface area contributed by atoms with E-state index in [-0.39, 0.29) is 23.6 Å². The van der Waals surface area contributed by atoms with Crippen molar-refractivity contribution < 1.29 is 17.6 Å². The van der Waals surface area contributed by atoms with Gasteiger partial charge in [0.2, 0.25) is 0 Å². The molecule has 2 rings (SSSR count). The minimum absolute atomic E-state index is 0.0671. The van der Waals surface area contributed by atoms with E-state index in [9.17, 15) is 17.6 Å². The number of hydrogen-bond acceptors (Lipinski definition) is 5. The summed E-state index contributed by atoms with van der Waals surface area (Å²) in [5.41, 5.74) is 0.128. The summed E-state index contributed by atoms with van der Waals surface area (Å²) in [4.78, 5) is 17.9. The Kier molecular flexibility index (Phi) is 4.46. The number of nitrogens with one attached hydrogen (secondary N) is 1. The van der Waals surface area contributed by atoms with Crippen LogP contribution >= 0.6 is 0 Å². The highest BCUT2D eigenvalue weighted by Crippen LogP contribution is 2.20. The van der Waals surface area contributed by atoms with Gasteiger partial charge in [-0.25, -0.2) is 17.8 Å². The van der Waals surface area contributed by atoms with Gasteiger partial charge in [-0.2, -0.15) is 0 Å². The number of anilines is 1. The fourth-order valence-corrected chi connectivity index (χ4v) is 3.92. The molecule has 1 amide bonds. The van der Waals surface area contributed by atoms with E-state index in [1.807, 2.05) is 6.92 Å². The van der Waals surface area contributed by atoms with Crippen molar-refractivity contribution in [3.05, 3.63) is 23.6 Å². The monoisotopic (exact) mass is 315 g/mol. The molecule has 1 unspecified atom stereocenters. The largest absolute Gasteiger partial charge is 0.370 e. The maximum absolute atomic E-state index is 13.4. The Hall–Kier alpha value is -1.70. The molecule has 1 aromatic rings. The van der Waals surface area contributed by atoms with Crippen LogP contribution in [0, 0.1) is 5.82 Å². The summed E-state index contributed by atoms with van der Waals surface area (Å²) < 4.78 is 36.5. The van der Waals surface area contributed by atoms with Gasteiger partial charge in [0.1, 0.15) is 11.6 Å². The molecule has 1 aliphatic rings. The van der Waals surface area contributed by atoms with Crippen LogP contribution in [0.1, 0.15) is 24.2 Å². The molecule has 0 saturated carbocycles. The van der Waals surface area contributed by atoms with E-state index in [0.29, 0.717) is 12.4 Å². The van der Waals surface area contributed by atoms with Crippen molar-refractivity contribution in [2.24, 2.45) is 0 Å². The van der Waals surface area contributed by atoms with Crippen LogP contribution in [-0.4, -0.2) is 54.8 Å². The first kappa shape index (κ1) is 15.7. The smallest absolute Gasteiger partial charge is 0.258 e. The van der Waals surface area contributed by atoms with E-state index in [1.54, 1.807) is 6.92 Å². The minimum Gasteiger partial charge on any atom is -0.370 e. The number of halogens is 1. The van der Waals surface area contributed by atoms with Crippen LogP contribution in [0.5, 0.6) is 0 Å². The zero-order chi connectivity index (χ0) is 15.6. The van der Waals surface area contributed by atoms with Crippen molar-refractivity contribution in [3.8, 4) is 0 Å². The van der Waals surface area contributed by atoms with E-state index in [1.165, 1.54) is 4.90 Å². The fourth-order valence-electron chi connectivity index (χ4n) is 2.37. The van der Waals surface area contributed by atoms with Crippen LogP contribution in [0.15, 0.2) is 12.3 Å². The Morgan fingerprint density at radius 2 is 2.29 bits per heavy atom. The number of amides is 1. The summed E-state index contributed by atoms with van der Waals surface area (Å²) in [6.07, 6.45) is 1.04. The van der Waals surface area contributed by atoms with Crippen LogP contribution < -0.4 is 5.32 Å². The summed E-state index contributed by atoms with van der Waals surface area (Å²) >= 11 is 0. The van der Waals surface area contributed by atoms with Crippen molar-refractivity contribution in [1.29, 1.82) is 0 Å². The van der Waals surface area contributed by atoms with Gasteiger partial charge in [0.05, 0.1) is 23.3 Å². The summed E-state index contributed by atoms with van der Waals surface area (Å²) in [7, 11) is -3.11. The first-order valence-corrected chi connectivity index (χ1v) is 8.57. The highest BCUT2D eigenvalue weighted by molar-refractivity contribution is 7.91. The fraction of sp³-hybridized carbons (Fsp3) is 0.538. The van der Waals surface area contributed by atoms with Crippen LogP contribution in [0.4, 0.5) is 10.2 Å². The lowest BCUT2D eigenvalue weighted by molar-refractivity contribution is 0.0712. The maximum Gasteiger partial charge on any atom is 0.258 e. The average Bonchev–Trinajstić information content (AvgIpc) is 2.39. The predicted molar refractivity (Wildman–Crippen MR) is 77.5 cm³/mol. The Morgan fingerprint density at radius 3 is 2.90 bits per heavy atom. The van der Waals surface area contributed by atoms with Crippen molar-refractivity contribution in [3.63, 3.8) is 0 Å². The zero-order valence-electron chi connectivity index (χ0n) is 12.0. The minimum atomic E-state index is -3.11. The molecule has 1 saturated heterocycles. The molecule has 1 aliphatic heterocycles. The first-order chi connectivity index (χ1) is 9.84. The van der Waals surface area contributed by atoms with Gasteiger partial charge in [0.25, 0.3) is 5.91 Å². The second-order valence-corrected chi connectivity index (χ2v) is 7.27. The Morgan fingerprint density at radius 1 is 1.57 bits per heavy atom. The molecular weight excluding hydrogens is 297 g/mol.